The van der Waals surface area contributed by atoms with Gasteiger partial charge in [0.1, 0.15) is 11.6 Å². The summed E-state index contributed by atoms with van der Waals surface area (Å²) in [7, 11) is 1.60. The Bertz CT molecular complexity index is 628. The van der Waals surface area contributed by atoms with Gasteiger partial charge < -0.3 is 15.8 Å². The number of rotatable bonds is 5. The topological polar surface area (TPSA) is 59.6 Å². The molecule has 3 N–H and O–H groups in total. The standard InChI is InChI=1S/C16H18FN3O/c1-21-14-7-4-6-13(11-14)20-16(18)19-10-9-12-5-2-3-8-15(12)17/h2-8,11H,9-10H2,1H3,(H3,18,19,20). The van der Waals surface area contributed by atoms with Crippen molar-refractivity contribution in [3.63, 3.8) is 0 Å². The van der Waals surface area contributed by atoms with Gasteiger partial charge in [-0.05, 0) is 30.2 Å². The predicted octanol–water partition coefficient (Wildman–Crippen LogP) is 2.80. The summed E-state index contributed by atoms with van der Waals surface area (Å²) < 4.78 is 18.6. The van der Waals surface area contributed by atoms with Crippen LogP contribution in [0.3, 0.4) is 0 Å². The van der Waals surface area contributed by atoms with E-state index in [-0.39, 0.29) is 5.82 Å². The normalized spacial score (nSPS) is 11.2. The monoisotopic (exact) mass is 287 g/mol. The summed E-state index contributed by atoms with van der Waals surface area (Å²) in [4.78, 5) is 4.19. The number of nitrogens with two attached hydrogens (primary N) is 1. The van der Waals surface area contributed by atoms with Gasteiger partial charge in [0.15, 0.2) is 5.96 Å². The third-order valence-electron chi connectivity index (χ3n) is 2.96. The Labute approximate surface area is 123 Å². The van der Waals surface area contributed by atoms with Gasteiger partial charge in [0.25, 0.3) is 0 Å². The Morgan fingerprint density at radius 3 is 2.81 bits per heavy atom. The van der Waals surface area contributed by atoms with Crippen LogP contribution in [0.25, 0.3) is 0 Å². The molecule has 4 nitrogen and oxygen atoms in total. The molecule has 0 bridgehead atoms. The molecule has 2 rings (SSSR count). The second kappa shape index (κ2) is 7.28. The van der Waals surface area contributed by atoms with E-state index in [1.807, 2.05) is 24.3 Å². The number of nitrogens with zero attached hydrogens (tertiary/aromatic N) is 1. The Morgan fingerprint density at radius 2 is 2.05 bits per heavy atom. The molecule has 0 aliphatic carbocycles. The molecule has 0 amide bonds. The quantitative estimate of drug-likeness (QED) is 0.656. The number of halogens is 1. The first-order valence-corrected chi connectivity index (χ1v) is 6.63. The average Bonchev–Trinajstić information content (AvgIpc) is 2.49. The van der Waals surface area contributed by atoms with Gasteiger partial charge in [0, 0.05) is 18.3 Å². The number of benzene rings is 2. The molecule has 0 fully saturated rings. The summed E-state index contributed by atoms with van der Waals surface area (Å²) in [5.74, 6) is 0.811. The number of nitrogens with one attached hydrogen (secondary N) is 1. The first-order chi connectivity index (χ1) is 10.2. The molecule has 0 atom stereocenters. The molecule has 0 aromatic heterocycles. The molecular weight excluding hydrogens is 269 g/mol. The molecule has 5 heteroatoms. The smallest absolute Gasteiger partial charge is 0.193 e. The van der Waals surface area contributed by atoms with Crippen molar-refractivity contribution in [2.45, 2.75) is 6.42 Å². The summed E-state index contributed by atoms with van der Waals surface area (Å²) in [5, 5.41) is 2.97. The molecule has 0 heterocycles. The van der Waals surface area contributed by atoms with E-state index in [1.54, 1.807) is 25.3 Å². The third kappa shape index (κ3) is 4.49. The van der Waals surface area contributed by atoms with Crippen molar-refractivity contribution >= 4 is 11.6 Å². The van der Waals surface area contributed by atoms with Crippen molar-refractivity contribution < 1.29 is 9.13 Å². The predicted molar refractivity (Wildman–Crippen MR) is 83.2 cm³/mol. The lowest BCUT2D eigenvalue weighted by molar-refractivity contribution is 0.415. The molecule has 0 saturated carbocycles. The average molecular weight is 287 g/mol. The molecule has 2 aromatic carbocycles. The van der Waals surface area contributed by atoms with Gasteiger partial charge in [-0.3, -0.25) is 4.99 Å². The zero-order valence-electron chi connectivity index (χ0n) is 11.8. The van der Waals surface area contributed by atoms with E-state index in [2.05, 4.69) is 10.3 Å². The van der Waals surface area contributed by atoms with Crippen LogP contribution in [0, 0.1) is 5.82 Å². The van der Waals surface area contributed by atoms with Crippen molar-refractivity contribution in [2.75, 3.05) is 19.0 Å². The molecule has 0 spiro atoms. The molecular formula is C16H18FN3O. The van der Waals surface area contributed by atoms with Crippen LogP contribution in [0.1, 0.15) is 5.56 Å². The number of hydrogen-bond donors (Lipinski definition) is 2. The van der Waals surface area contributed by atoms with E-state index in [0.29, 0.717) is 24.5 Å². The zero-order chi connectivity index (χ0) is 15.1. The van der Waals surface area contributed by atoms with Crippen LogP contribution >= 0.6 is 0 Å². The molecule has 0 radical (unpaired) electrons. The van der Waals surface area contributed by atoms with Crippen LogP contribution in [0.4, 0.5) is 10.1 Å². The van der Waals surface area contributed by atoms with E-state index in [9.17, 15) is 4.39 Å². The van der Waals surface area contributed by atoms with Gasteiger partial charge in [-0.2, -0.15) is 0 Å². The number of ether oxygens (including phenoxy) is 1. The lowest BCUT2D eigenvalue weighted by Crippen LogP contribution is -2.23. The maximum atomic E-state index is 13.4. The van der Waals surface area contributed by atoms with Crippen LogP contribution < -0.4 is 15.8 Å². The fraction of sp³-hybridized carbons (Fsp3) is 0.188. The number of hydrogen-bond acceptors (Lipinski definition) is 2. The molecule has 2 aromatic rings. The maximum Gasteiger partial charge on any atom is 0.193 e. The number of aliphatic imine (C=N–C) groups is 1. The van der Waals surface area contributed by atoms with Crippen molar-refractivity contribution in [1.82, 2.24) is 0 Å². The van der Waals surface area contributed by atoms with Gasteiger partial charge in [0.05, 0.1) is 7.11 Å². The summed E-state index contributed by atoms with van der Waals surface area (Å²) in [6.45, 7) is 0.420. The minimum atomic E-state index is -0.216. The highest BCUT2D eigenvalue weighted by Crippen LogP contribution is 2.16. The summed E-state index contributed by atoms with van der Waals surface area (Å²) in [5.41, 5.74) is 7.23. The van der Waals surface area contributed by atoms with Crippen LogP contribution in [-0.2, 0) is 6.42 Å². The highest BCUT2D eigenvalue weighted by Gasteiger charge is 2.00. The van der Waals surface area contributed by atoms with Crippen LogP contribution in [0.15, 0.2) is 53.5 Å². The fourth-order valence-corrected chi connectivity index (χ4v) is 1.89. The first kappa shape index (κ1) is 14.8. The fourth-order valence-electron chi connectivity index (χ4n) is 1.89. The minimum Gasteiger partial charge on any atom is -0.497 e. The summed E-state index contributed by atoms with van der Waals surface area (Å²) in [6.07, 6.45) is 0.507. The van der Waals surface area contributed by atoms with E-state index in [4.69, 9.17) is 10.5 Å². The Hall–Kier alpha value is -2.56. The van der Waals surface area contributed by atoms with Gasteiger partial charge in [-0.15, -0.1) is 0 Å². The number of guanidine groups is 1. The van der Waals surface area contributed by atoms with Crippen LogP contribution in [0.5, 0.6) is 5.75 Å². The highest BCUT2D eigenvalue weighted by molar-refractivity contribution is 5.92. The van der Waals surface area contributed by atoms with Gasteiger partial charge in [-0.1, -0.05) is 24.3 Å². The first-order valence-electron chi connectivity index (χ1n) is 6.63. The lowest BCUT2D eigenvalue weighted by Gasteiger charge is -2.07. The van der Waals surface area contributed by atoms with Gasteiger partial charge in [0.2, 0.25) is 0 Å². The molecule has 0 unspecified atom stereocenters. The Kier molecular flexibility index (Phi) is 5.15. The van der Waals surface area contributed by atoms with E-state index in [0.717, 1.165) is 11.4 Å². The van der Waals surface area contributed by atoms with Crippen molar-refractivity contribution in [3.05, 3.63) is 59.9 Å². The van der Waals surface area contributed by atoms with E-state index >= 15 is 0 Å². The molecule has 21 heavy (non-hydrogen) atoms. The van der Waals surface area contributed by atoms with Crippen molar-refractivity contribution in [2.24, 2.45) is 10.7 Å². The summed E-state index contributed by atoms with van der Waals surface area (Å²) >= 11 is 0. The third-order valence-corrected chi connectivity index (χ3v) is 2.96. The SMILES string of the molecule is COc1cccc(NC(N)=NCCc2ccccc2F)c1. The van der Waals surface area contributed by atoms with Crippen molar-refractivity contribution in [3.8, 4) is 5.75 Å². The molecule has 110 valence electrons. The number of methoxy groups -OCH3 is 1. The molecule has 0 aliphatic heterocycles. The van der Waals surface area contributed by atoms with E-state index in [1.165, 1.54) is 6.07 Å². The second-order valence-electron chi connectivity index (χ2n) is 4.47. The second-order valence-corrected chi connectivity index (χ2v) is 4.47. The molecule has 0 saturated heterocycles. The van der Waals surface area contributed by atoms with Gasteiger partial charge in [-0.25, -0.2) is 4.39 Å². The number of anilines is 1. The van der Waals surface area contributed by atoms with Gasteiger partial charge >= 0.3 is 0 Å². The lowest BCUT2D eigenvalue weighted by atomic mass is 10.1. The van der Waals surface area contributed by atoms with Crippen molar-refractivity contribution in [1.29, 1.82) is 0 Å². The Balaban J connectivity index is 1.91. The Morgan fingerprint density at radius 1 is 1.24 bits per heavy atom. The van der Waals surface area contributed by atoms with Crippen LogP contribution in [-0.4, -0.2) is 19.6 Å². The van der Waals surface area contributed by atoms with E-state index < -0.39 is 0 Å². The maximum absolute atomic E-state index is 13.4. The largest absolute Gasteiger partial charge is 0.497 e. The van der Waals surface area contributed by atoms with Crippen LogP contribution in [0.2, 0.25) is 0 Å². The highest BCUT2D eigenvalue weighted by atomic mass is 19.1. The molecule has 0 aliphatic rings. The summed E-state index contributed by atoms with van der Waals surface area (Å²) in [6, 6.07) is 14.0. The minimum absolute atomic E-state index is 0.216. The zero-order valence-corrected chi connectivity index (χ0v) is 11.8.